The molecule has 0 aliphatic heterocycles. The number of rotatable bonds is 4. The van der Waals surface area contributed by atoms with Gasteiger partial charge in [0.25, 0.3) is 0 Å². The summed E-state index contributed by atoms with van der Waals surface area (Å²) in [5, 5.41) is 8.17. The molecule has 1 aromatic carbocycles. The van der Waals surface area contributed by atoms with Gasteiger partial charge in [-0.3, -0.25) is 9.48 Å². The molecular weight excluding hydrogens is 316 g/mol. The van der Waals surface area contributed by atoms with Crippen LogP contribution < -0.4 is 5.32 Å². The maximum Gasteiger partial charge on any atom is 0.228 e. The van der Waals surface area contributed by atoms with Crippen LogP contribution in [0.2, 0.25) is 0 Å². The smallest absolute Gasteiger partial charge is 0.228 e. The van der Waals surface area contributed by atoms with E-state index in [4.69, 9.17) is 0 Å². The number of benzene rings is 1. The van der Waals surface area contributed by atoms with Crippen LogP contribution in [0.5, 0.6) is 0 Å². The summed E-state index contributed by atoms with van der Waals surface area (Å²) in [6.07, 6.45) is 5.47. The molecule has 1 amide bonds. The molecule has 25 heavy (non-hydrogen) atoms. The number of H-pyrrole nitrogens is 1. The maximum absolute atomic E-state index is 12.4. The highest BCUT2D eigenvalue weighted by Crippen LogP contribution is 2.20. The Morgan fingerprint density at radius 1 is 1.24 bits per heavy atom. The van der Waals surface area contributed by atoms with E-state index in [2.05, 4.69) is 25.4 Å². The van der Waals surface area contributed by atoms with E-state index in [1.54, 1.807) is 17.2 Å². The van der Waals surface area contributed by atoms with E-state index in [1.165, 1.54) is 0 Å². The van der Waals surface area contributed by atoms with Gasteiger partial charge in [0.1, 0.15) is 12.0 Å². The van der Waals surface area contributed by atoms with Gasteiger partial charge in [-0.1, -0.05) is 12.1 Å². The summed E-state index contributed by atoms with van der Waals surface area (Å²) in [7, 11) is 1.82. The lowest BCUT2D eigenvalue weighted by molar-refractivity contribution is -0.115. The molecule has 0 saturated carbocycles. The average Bonchev–Trinajstić information content (AvgIpc) is 3.22. The fraction of sp³-hybridized carbons (Fsp3) is 0.111. The van der Waals surface area contributed by atoms with Crippen molar-refractivity contribution in [2.45, 2.75) is 6.42 Å². The number of carbonyl (C=O) groups is 1. The molecule has 0 aliphatic rings. The molecule has 0 unspecified atom stereocenters. The lowest BCUT2D eigenvalue weighted by atomic mass is 10.1. The number of anilines is 1. The molecule has 3 heterocycles. The first-order valence-electron chi connectivity index (χ1n) is 7.86. The lowest BCUT2D eigenvalue weighted by Crippen LogP contribution is -2.14. The summed E-state index contributed by atoms with van der Waals surface area (Å²) in [4.78, 5) is 23.9. The van der Waals surface area contributed by atoms with Gasteiger partial charge in [-0.15, -0.1) is 0 Å². The molecule has 0 fully saturated rings. The van der Waals surface area contributed by atoms with Gasteiger partial charge in [0.15, 0.2) is 5.82 Å². The molecule has 4 rings (SSSR count). The summed E-state index contributed by atoms with van der Waals surface area (Å²) in [6.45, 7) is 0. The molecule has 0 atom stereocenters. The van der Waals surface area contributed by atoms with Gasteiger partial charge in [-0.2, -0.15) is 5.10 Å². The number of aromatic nitrogens is 5. The van der Waals surface area contributed by atoms with E-state index in [1.807, 2.05) is 49.6 Å². The molecular formula is C18H16N6O. The maximum atomic E-state index is 12.4. The summed E-state index contributed by atoms with van der Waals surface area (Å²) < 4.78 is 1.64. The van der Waals surface area contributed by atoms with Crippen molar-refractivity contribution >= 4 is 22.6 Å². The van der Waals surface area contributed by atoms with Gasteiger partial charge in [-0.25, -0.2) is 9.97 Å². The van der Waals surface area contributed by atoms with Crippen molar-refractivity contribution in [3.63, 3.8) is 0 Å². The van der Waals surface area contributed by atoms with Gasteiger partial charge >= 0.3 is 0 Å². The van der Waals surface area contributed by atoms with Crippen molar-refractivity contribution in [1.29, 1.82) is 0 Å². The molecule has 0 aliphatic carbocycles. The monoisotopic (exact) mass is 332 g/mol. The minimum Gasteiger partial charge on any atom is -0.346 e. The van der Waals surface area contributed by atoms with Gasteiger partial charge in [0.05, 0.1) is 6.42 Å². The van der Waals surface area contributed by atoms with Crippen molar-refractivity contribution in [3.05, 3.63) is 60.7 Å². The van der Waals surface area contributed by atoms with E-state index >= 15 is 0 Å². The number of aromatic amines is 1. The number of nitrogens with one attached hydrogen (secondary N) is 2. The summed E-state index contributed by atoms with van der Waals surface area (Å²) in [5.74, 6) is 0.539. The second-order valence-corrected chi connectivity index (χ2v) is 5.76. The highest BCUT2D eigenvalue weighted by atomic mass is 16.1. The fourth-order valence-electron chi connectivity index (χ4n) is 2.74. The molecule has 4 aromatic rings. The van der Waals surface area contributed by atoms with Gasteiger partial charge in [0.2, 0.25) is 5.91 Å². The quantitative estimate of drug-likeness (QED) is 0.601. The summed E-state index contributed by atoms with van der Waals surface area (Å²) >= 11 is 0. The molecule has 0 spiro atoms. The zero-order valence-corrected chi connectivity index (χ0v) is 13.6. The number of hydrogen-bond acceptors (Lipinski definition) is 4. The third-order valence-electron chi connectivity index (χ3n) is 3.89. The highest BCUT2D eigenvalue weighted by molar-refractivity contribution is 5.95. The molecule has 7 nitrogen and oxygen atoms in total. The van der Waals surface area contributed by atoms with Gasteiger partial charge in [-0.05, 0) is 29.8 Å². The molecule has 3 aromatic heterocycles. The number of amides is 1. The highest BCUT2D eigenvalue weighted by Gasteiger charge is 2.10. The van der Waals surface area contributed by atoms with Gasteiger partial charge < -0.3 is 10.3 Å². The SMILES string of the molecule is Cn1cnc(-c2cccc(NC(=O)Cc3c[nH]c4ncccc34)c2)n1. The molecule has 124 valence electrons. The number of fused-ring (bicyclic) bond motifs is 1. The molecule has 0 radical (unpaired) electrons. The van der Waals surface area contributed by atoms with Crippen LogP contribution in [0.25, 0.3) is 22.4 Å². The van der Waals surface area contributed by atoms with Crippen LogP contribution in [-0.2, 0) is 18.3 Å². The normalized spacial score (nSPS) is 10.9. The van der Waals surface area contributed by atoms with Crippen molar-refractivity contribution in [3.8, 4) is 11.4 Å². The van der Waals surface area contributed by atoms with Gasteiger partial charge in [0, 0.05) is 36.1 Å². The van der Waals surface area contributed by atoms with Crippen molar-refractivity contribution in [2.24, 2.45) is 7.05 Å². The first-order chi connectivity index (χ1) is 12.2. The zero-order valence-electron chi connectivity index (χ0n) is 13.6. The van der Waals surface area contributed by atoms with Crippen LogP contribution in [0.4, 0.5) is 5.69 Å². The van der Waals surface area contributed by atoms with Crippen LogP contribution in [-0.4, -0.2) is 30.6 Å². The number of aryl methyl sites for hydroxylation is 1. The van der Waals surface area contributed by atoms with E-state index in [-0.39, 0.29) is 12.3 Å². The average molecular weight is 332 g/mol. The van der Waals surface area contributed by atoms with E-state index in [0.29, 0.717) is 11.5 Å². The molecule has 0 saturated heterocycles. The third-order valence-corrected chi connectivity index (χ3v) is 3.89. The predicted octanol–water partition coefficient (Wildman–Crippen LogP) is 2.54. The minimum absolute atomic E-state index is 0.0871. The van der Waals surface area contributed by atoms with Crippen LogP contribution >= 0.6 is 0 Å². The minimum atomic E-state index is -0.0871. The van der Waals surface area contributed by atoms with Crippen molar-refractivity contribution < 1.29 is 4.79 Å². The molecule has 2 N–H and O–H groups in total. The number of nitrogens with zero attached hydrogens (tertiary/aromatic N) is 4. The standard InChI is InChI=1S/C18H16N6O/c1-24-11-21-17(23-24)12-4-2-5-14(8-12)22-16(25)9-13-10-20-18-15(13)6-3-7-19-18/h2-8,10-11H,9H2,1H3,(H,19,20)(H,22,25). The number of carbonyl (C=O) groups excluding carboxylic acids is 1. The van der Waals surface area contributed by atoms with Crippen molar-refractivity contribution in [1.82, 2.24) is 24.7 Å². The Kier molecular flexibility index (Phi) is 3.74. The Bertz CT molecular complexity index is 1050. The second kappa shape index (κ2) is 6.20. The fourth-order valence-corrected chi connectivity index (χ4v) is 2.74. The zero-order chi connectivity index (χ0) is 17.2. The third kappa shape index (κ3) is 3.12. The Morgan fingerprint density at radius 2 is 2.16 bits per heavy atom. The summed E-state index contributed by atoms with van der Waals surface area (Å²) in [6, 6.07) is 11.3. The molecule has 0 bridgehead atoms. The Balaban J connectivity index is 1.51. The van der Waals surface area contributed by atoms with Crippen LogP contribution in [0, 0.1) is 0 Å². The number of pyridine rings is 1. The van der Waals surface area contributed by atoms with E-state index in [9.17, 15) is 4.79 Å². The van der Waals surface area contributed by atoms with E-state index < -0.39 is 0 Å². The lowest BCUT2D eigenvalue weighted by Gasteiger charge is -2.06. The summed E-state index contributed by atoms with van der Waals surface area (Å²) in [5.41, 5.74) is 3.28. The van der Waals surface area contributed by atoms with Crippen molar-refractivity contribution in [2.75, 3.05) is 5.32 Å². The van der Waals surface area contributed by atoms with Crippen LogP contribution in [0.15, 0.2) is 55.1 Å². The van der Waals surface area contributed by atoms with Crippen LogP contribution in [0.1, 0.15) is 5.56 Å². The Labute approximate surface area is 143 Å². The Hall–Kier alpha value is -3.48. The first-order valence-corrected chi connectivity index (χ1v) is 7.86. The number of hydrogen-bond donors (Lipinski definition) is 2. The second-order valence-electron chi connectivity index (χ2n) is 5.76. The first kappa shape index (κ1) is 15.1. The predicted molar refractivity (Wildman–Crippen MR) is 94.9 cm³/mol. The topological polar surface area (TPSA) is 88.5 Å². The largest absolute Gasteiger partial charge is 0.346 e. The van der Waals surface area contributed by atoms with E-state index in [0.717, 1.165) is 22.2 Å². The molecule has 7 heteroatoms. The van der Waals surface area contributed by atoms with Crippen LogP contribution in [0.3, 0.4) is 0 Å². The Morgan fingerprint density at radius 3 is 3.00 bits per heavy atom.